The van der Waals surface area contributed by atoms with Gasteiger partial charge in [-0.3, -0.25) is 14.7 Å². The second-order valence-corrected chi connectivity index (χ2v) is 7.50. The Hall–Kier alpha value is -0.950. The third-order valence-electron chi connectivity index (χ3n) is 3.72. The van der Waals surface area contributed by atoms with E-state index in [1.165, 1.54) is 0 Å². The van der Waals surface area contributed by atoms with Gasteiger partial charge in [0.2, 0.25) is 5.91 Å². The molecule has 1 unspecified atom stereocenters. The molecule has 0 aromatic rings. The number of guanidine groups is 1. The zero-order valence-corrected chi connectivity index (χ0v) is 16.1. The van der Waals surface area contributed by atoms with Crippen molar-refractivity contribution in [3.63, 3.8) is 0 Å². The predicted molar refractivity (Wildman–Crippen MR) is 100 cm³/mol. The van der Waals surface area contributed by atoms with Crippen LogP contribution in [0.1, 0.15) is 27.7 Å². The Morgan fingerprint density at radius 1 is 1.22 bits per heavy atom. The Kier molecular flexibility index (Phi) is 9.40. The summed E-state index contributed by atoms with van der Waals surface area (Å²) in [5, 5.41) is 6.87. The molecule has 0 aromatic carbocycles. The first-order valence-electron chi connectivity index (χ1n) is 8.54. The molecule has 134 valence electrons. The molecule has 2 N–H and O–H groups in total. The zero-order valence-electron chi connectivity index (χ0n) is 15.3. The van der Waals surface area contributed by atoms with Gasteiger partial charge in [0.05, 0.1) is 13.1 Å². The first-order valence-corrected chi connectivity index (χ1v) is 9.82. The number of nitrogens with one attached hydrogen (secondary N) is 2. The molecule has 7 heteroatoms. The lowest BCUT2D eigenvalue weighted by Crippen LogP contribution is -2.54. The molecule has 0 bridgehead atoms. The van der Waals surface area contributed by atoms with Gasteiger partial charge in [0.25, 0.3) is 0 Å². The average molecular weight is 344 g/mol. The molecule has 1 rings (SSSR count). The van der Waals surface area contributed by atoms with Crippen molar-refractivity contribution in [2.75, 3.05) is 52.1 Å². The number of piperazine rings is 1. The maximum absolute atomic E-state index is 11.8. The number of amides is 1. The van der Waals surface area contributed by atoms with E-state index in [0.29, 0.717) is 11.8 Å². The van der Waals surface area contributed by atoms with Gasteiger partial charge in [-0.15, -0.1) is 0 Å². The smallest absolute Gasteiger partial charge is 0.234 e. The standard InChI is InChI=1S/C16H33N5OS/c1-6-17-16(18-11-14(4)23-5)21-9-7-20(8-10-21)12-15(22)19-13(2)3/h13-14H,6-12H2,1-5H3,(H,17,18)(H,19,22). The molecule has 0 saturated carbocycles. The largest absolute Gasteiger partial charge is 0.357 e. The predicted octanol–water partition coefficient (Wildman–Crippen LogP) is 0.846. The van der Waals surface area contributed by atoms with Gasteiger partial charge >= 0.3 is 0 Å². The summed E-state index contributed by atoms with van der Waals surface area (Å²) in [7, 11) is 0. The molecule has 1 aliphatic rings. The Labute approximate surface area is 145 Å². The zero-order chi connectivity index (χ0) is 17.2. The Balaban J connectivity index is 2.46. The van der Waals surface area contributed by atoms with E-state index in [-0.39, 0.29) is 11.9 Å². The molecule has 0 aromatic heterocycles. The second-order valence-electron chi connectivity index (χ2n) is 6.23. The van der Waals surface area contributed by atoms with Crippen molar-refractivity contribution in [1.29, 1.82) is 0 Å². The first-order chi connectivity index (χ1) is 11.0. The van der Waals surface area contributed by atoms with Gasteiger partial charge in [0.15, 0.2) is 5.96 Å². The number of carbonyl (C=O) groups is 1. The summed E-state index contributed by atoms with van der Waals surface area (Å²) in [6, 6.07) is 0.203. The van der Waals surface area contributed by atoms with Gasteiger partial charge in [-0.1, -0.05) is 6.92 Å². The van der Waals surface area contributed by atoms with E-state index in [0.717, 1.165) is 45.2 Å². The number of carbonyl (C=O) groups excluding carboxylic acids is 1. The molecule has 1 atom stereocenters. The van der Waals surface area contributed by atoms with Crippen LogP contribution in [0, 0.1) is 0 Å². The van der Waals surface area contributed by atoms with E-state index in [9.17, 15) is 4.79 Å². The highest BCUT2D eigenvalue weighted by molar-refractivity contribution is 7.99. The fourth-order valence-corrected chi connectivity index (χ4v) is 2.63. The van der Waals surface area contributed by atoms with Gasteiger partial charge in [0.1, 0.15) is 0 Å². The molecule has 0 radical (unpaired) electrons. The van der Waals surface area contributed by atoms with Crippen molar-refractivity contribution in [2.45, 2.75) is 39.0 Å². The van der Waals surface area contributed by atoms with Crippen LogP contribution in [-0.4, -0.2) is 85.0 Å². The van der Waals surface area contributed by atoms with Gasteiger partial charge in [-0.2, -0.15) is 11.8 Å². The third kappa shape index (κ3) is 7.92. The van der Waals surface area contributed by atoms with Crippen molar-refractivity contribution >= 4 is 23.6 Å². The van der Waals surface area contributed by atoms with Crippen LogP contribution in [0.3, 0.4) is 0 Å². The highest BCUT2D eigenvalue weighted by Crippen LogP contribution is 2.07. The summed E-state index contributed by atoms with van der Waals surface area (Å²) in [6.07, 6.45) is 2.12. The molecular formula is C16H33N5OS. The minimum atomic E-state index is 0.114. The van der Waals surface area contributed by atoms with Crippen molar-refractivity contribution in [3.8, 4) is 0 Å². The lowest BCUT2D eigenvalue weighted by atomic mass is 10.3. The van der Waals surface area contributed by atoms with Crippen molar-refractivity contribution in [2.24, 2.45) is 4.99 Å². The summed E-state index contributed by atoms with van der Waals surface area (Å²) in [5.41, 5.74) is 0. The van der Waals surface area contributed by atoms with Crippen molar-refractivity contribution < 1.29 is 4.79 Å². The van der Waals surface area contributed by atoms with Crippen molar-refractivity contribution in [1.82, 2.24) is 20.4 Å². The summed E-state index contributed by atoms with van der Waals surface area (Å²) in [4.78, 5) is 21.1. The number of rotatable bonds is 7. The van der Waals surface area contributed by atoms with Crippen LogP contribution in [0.25, 0.3) is 0 Å². The van der Waals surface area contributed by atoms with Crippen LogP contribution in [0.5, 0.6) is 0 Å². The van der Waals surface area contributed by atoms with E-state index < -0.39 is 0 Å². The average Bonchev–Trinajstić information content (AvgIpc) is 2.51. The van der Waals surface area contributed by atoms with Crippen LogP contribution in [0.15, 0.2) is 4.99 Å². The van der Waals surface area contributed by atoms with E-state index in [1.807, 2.05) is 25.6 Å². The minimum absolute atomic E-state index is 0.114. The Bertz CT molecular complexity index is 381. The van der Waals surface area contributed by atoms with Gasteiger partial charge < -0.3 is 15.5 Å². The number of hydrogen-bond acceptors (Lipinski definition) is 4. The van der Waals surface area contributed by atoms with Crippen LogP contribution in [0.2, 0.25) is 0 Å². The molecular weight excluding hydrogens is 310 g/mol. The summed E-state index contributed by atoms with van der Waals surface area (Å²) in [6.45, 7) is 14.1. The first kappa shape index (κ1) is 20.1. The molecule has 1 saturated heterocycles. The fourth-order valence-electron chi connectivity index (χ4n) is 2.40. The van der Waals surface area contributed by atoms with Gasteiger partial charge in [-0.05, 0) is 27.0 Å². The molecule has 1 fully saturated rings. The molecule has 0 aliphatic carbocycles. The molecule has 6 nitrogen and oxygen atoms in total. The number of aliphatic imine (C=N–C) groups is 1. The number of thioether (sulfide) groups is 1. The molecule has 1 aliphatic heterocycles. The van der Waals surface area contributed by atoms with Crippen LogP contribution in [-0.2, 0) is 4.79 Å². The molecule has 23 heavy (non-hydrogen) atoms. The molecule has 0 spiro atoms. The monoisotopic (exact) mass is 343 g/mol. The van der Waals surface area contributed by atoms with E-state index in [1.54, 1.807) is 0 Å². The molecule has 1 heterocycles. The topological polar surface area (TPSA) is 60.0 Å². The summed E-state index contributed by atoms with van der Waals surface area (Å²) >= 11 is 1.84. The number of nitrogens with zero attached hydrogens (tertiary/aromatic N) is 3. The summed E-state index contributed by atoms with van der Waals surface area (Å²) < 4.78 is 0. The van der Waals surface area contributed by atoms with E-state index in [4.69, 9.17) is 4.99 Å². The normalized spacial score (nSPS) is 18.2. The number of hydrogen-bond donors (Lipinski definition) is 2. The van der Waals surface area contributed by atoms with Gasteiger partial charge in [0, 0.05) is 44.0 Å². The second kappa shape index (κ2) is 10.8. The highest BCUT2D eigenvalue weighted by atomic mass is 32.2. The van der Waals surface area contributed by atoms with E-state index in [2.05, 4.69) is 40.5 Å². The lowest BCUT2D eigenvalue weighted by Gasteiger charge is -2.36. The maximum Gasteiger partial charge on any atom is 0.234 e. The van der Waals surface area contributed by atoms with Crippen LogP contribution in [0.4, 0.5) is 0 Å². The van der Waals surface area contributed by atoms with E-state index >= 15 is 0 Å². The SMILES string of the molecule is CCNC(=NCC(C)SC)N1CCN(CC(=O)NC(C)C)CC1. The summed E-state index contributed by atoms with van der Waals surface area (Å²) in [5.74, 6) is 1.11. The van der Waals surface area contributed by atoms with Crippen LogP contribution < -0.4 is 10.6 Å². The third-order valence-corrected chi connectivity index (χ3v) is 4.68. The maximum atomic E-state index is 11.8. The highest BCUT2D eigenvalue weighted by Gasteiger charge is 2.21. The minimum Gasteiger partial charge on any atom is -0.357 e. The lowest BCUT2D eigenvalue weighted by molar-refractivity contribution is -0.123. The quantitative estimate of drug-likeness (QED) is 0.530. The van der Waals surface area contributed by atoms with Gasteiger partial charge in [-0.25, -0.2) is 0 Å². The van der Waals surface area contributed by atoms with Crippen LogP contribution >= 0.6 is 11.8 Å². The Morgan fingerprint density at radius 3 is 2.39 bits per heavy atom. The molecule has 1 amide bonds. The Morgan fingerprint density at radius 2 is 1.87 bits per heavy atom. The van der Waals surface area contributed by atoms with Crippen molar-refractivity contribution in [3.05, 3.63) is 0 Å². The fraction of sp³-hybridized carbons (Fsp3) is 0.875.